The van der Waals surface area contributed by atoms with Crippen LogP contribution in [-0.4, -0.2) is 42.2 Å². The number of carbonyl (C=O) groups excluding carboxylic acids is 2. The molecule has 3 aromatic rings. The van der Waals surface area contributed by atoms with E-state index in [1.807, 2.05) is 0 Å². The molecule has 0 saturated carbocycles. The molecule has 0 fully saturated rings. The third-order valence-electron chi connectivity index (χ3n) is 5.40. The van der Waals surface area contributed by atoms with Crippen LogP contribution in [0.25, 0.3) is 11.6 Å². The maximum absolute atomic E-state index is 13.6. The van der Waals surface area contributed by atoms with Crippen LogP contribution in [0.4, 0.5) is 5.69 Å². The highest BCUT2D eigenvalue weighted by Gasteiger charge is 2.25. The molecule has 3 rings (SSSR count). The van der Waals surface area contributed by atoms with Gasteiger partial charge >= 0.3 is 11.9 Å². The molecule has 0 aliphatic heterocycles. The molecule has 0 aliphatic rings. The summed E-state index contributed by atoms with van der Waals surface area (Å²) in [7, 11) is 2.77. The van der Waals surface area contributed by atoms with E-state index in [0.717, 1.165) is 0 Å². The van der Waals surface area contributed by atoms with Gasteiger partial charge in [0.2, 0.25) is 0 Å². The molecule has 0 radical (unpaired) electrons. The topological polar surface area (TPSA) is 115 Å². The Morgan fingerprint density at radius 2 is 1.65 bits per heavy atom. The number of carboxylic acid groups (broad SMARTS) is 1. The first-order chi connectivity index (χ1) is 17.2. The van der Waals surface area contributed by atoms with Crippen LogP contribution in [0.3, 0.4) is 0 Å². The number of aromatic nitrogens is 1. The number of allylic oxidation sites excluding steroid dienone is 1. The molecule has 192 valence electrons. The van der Waals surface area contributed by atoms with Crippen LogP contribution in [-0.2, 0) is 14.3 Å². The number of hydrogen-bond donors (Lipinski definition) is 2. The summed E-state index contributed by atoms with van der Waals surface area (Å²) in [6, 6.07) is 16.4. The smallest absolute Gasteiger partial charge is 0.338 e. The van der Waals surface area contributed by atoms with E-state index in [-0.39, 0.29) is 29.1 Å². The van der Waals surface area contributed by atoms with Crippen molar-refractivity contribution in [1.82, 2.24) is 4.98 Å². The van der Waals surface area contributed by atoms with Crippen molar-refractivity contribution in [2.75, 3.05) is 19.5 Å². The molecule has 1 aromatic heterocycles. The number of nitrogens with zero attached hydrogens (tertiary/aromatic N) is 1. The van der Waals surface area contributed by atoms with E-state index in [9.17, 15) is 19.5 Å². The second kappa shape index (κ2) is 13.0. The average molecular weight is 523 g/mol. The predicted molar refractivity (Wildman–Crippen MR) is 144 cm³/mol. The van der Waals surface area contributed by atoms with E-state index in [4.69, 9.17) is 9.47 Å². The van der Waals surface area contributed by atoms with Crippen molar-refractivity contribution in [3.63, 3.8) is 0 Å². The minimum absolute atomic E-state index is 0. The highest BCUT2D eigenvalue weighted by atomic mass is 35.5. The van der Waals surface area contributed by atoms with Crippen LogP contribution in [0.15, 0.2) is 78.0 Å². The molecule has 2 aromatic carbocycles. The second-order valence-electron chi connectivity index (χ2n) is 7.85. The van der Waals surface area contributed by atoms with Gasteiger partial charge in [0.05, 0.1) is 30.9 Å². The maximum Gasteiger partial charge on any atom is 0.338 e. The Kier molecular flexibility index (Phi) is 10.1. The monoisotopic (exact) mass is 522 g/mol. The Labute approximate surface area is 221 Å². The van der Waals surface area contributed by atoms with Gasteiger partial charge in [0.1, 0.15) is 5.75 Å². The third-order valence-corrected chi connectivity index (χ3v) is 5.40. The normalized spacial score (nSPS) is 11.5. The molecule has 0 aliphatic carbocycles. The fourth-order valence-electron chi connectivity index (χ4n) is 3.55. The van der Waals surface area contributed by atoms with Gasteiger partial charge in [0.25, 0.3) is 5.91 Å². The Morgan fingerprint density at radius 3 is 2.24 bits per heavy atom. The van der Waals surface area contributed by atoms with Gasteiger partial charge in [0, 0.05) is 17.6 Å². The number of esters is 1. The first-order valence-corrected chi connectivity index (χ1v) is 11.0. The van der Waals surface area contributed by atoms with Gasteiger partial charge in [0.15, 0.2) is 0 Å². The zero-order chi connectivity index (χ0) is 26.2. The SMILES string of the molecule is COC(=O)C(C(=Cc1cccc(OC)c1)C(=O)Nc1ccnc(C)c1)=C(C)c1ccc(C(=O)O)cc1.Cl. The lowest BCUT2D eigenvalue weighted by Gasteiger charge is -2.16. The van der Waals surface area contributed by atoms with E-state index in [1.165, 1.54) is 26.4 Å². The number of ether oxygens (including phenoxy) is 2. The summed E-state index contributed by atoms with van der Waals surface area (Å²) in [6.07, 6.45) is 3.15. The molecule has 0 saturated heterocycles. The summed E-state index contributed by atoms with van der Waals surface area (Å²) < 4.78 is 10.3. The van der Waals surface area contributed by atoms with Crippen molar-refractivity contribution in [3.8, 4) is 5.75 Å². The van der Waals surface area contributed by atoms with Crippen LogP contribution >= 0.6 is 12.4 Å². The lowest BCUT2D eigenvalue weighted by Crippen LogP contribution is -2.21. The molecule has 1 heterocycles. The van der Waals surface area contributed by atoms with Crippen LogP contribution in [0.2, 0.25) is 0 Å². The van der Waals surface area contributed by atoms with Gasteiger partial charge in [-0.25, -0.2) is 9.59 Å². The number of carboxylic acids is 1. The van der Waals surface area contributed by atoms with Crippen LogP contribution < -0.4 is 10.1 Å². The molecular weight excluding hydrogens is 496 g/mol. The summed E-state index contributed by atoms with van der Waals surface area (Å²) in [5, 5.41) is 12.0. The Balaban J connectivity index is 0.00000481. The highest BCUT2D eigenvalue weighted by molar-refractivity contribution is 6.19. The zero-order valence-electron chi connectivity index (χ0n) is 20.8. The standard InChI is InChI=1S/C28H26N2O6.ClH/c1-17-14-22(12-13-29-17)30-26(31)24(16-19-6-5-7-23(15-19)35-3)25(28(34)36-4)18(2)20-8-10-21(11-9-20)27(32)33;/h5-16H,1-4H3,(H,32,33)(H,29,30,31);1H. The fraction of sp³-hybridized carbons (Fsp3) is 0.143. The molecule has 8 nitrogen and oxygen atoms in total. The van der Waals surface area contributed by atoms with Gasteiger partial charge in [-0.1, -0.05) is 24.3 Å². The number of nitrogens with one attached hydrogen (secondary N) is 1. The number of pyridine rings is 1. The van der Waals surface area contributed by atoms with Crippen molar-refractivity contribution in [1.29, 1.82) is 0 Å². The predicted octanol–water partition coefficient (Wildman–Crippen LogP) is 5.19. The van der Waals surface area contributed by atoms with E-state index in [1.54, 1.807) is 74.7 Å². The zero-order valence-corrected chi connectivity index (χ0v) is 21.6. The molecular formula is C28H27ClN2O6. The molecule has 1 amide bonds. The van der Waals surface area contributed by atoms with Crippen molar-refractivity contribution < 1.29 is 29.0 Å². The first kappa shape index (κ1) is 28.8. The quantitative estimate of drug-likeness (QED) is 0.238. The number of rotatable bonds is 8. The Morgan fingerprint density at radius 1 is 0.973 bits per heavy atom. The molecule has 2 N–H and O–H groups in total. The maximum atomic E-state index is 13.6. The van der Waals surface area contributed by atoms with E-state index in [2.05, 4.69) is 10.3 Å². The molecule has 9 heteroatoms. The minimum atomic E-state index is -1.07. The van der Waals surface area contributed by atoms with E-state index < -0.39 is 17.8 Å². The summed E-state index contributed by atoms with van der Waals surface area (Å²) >= 11 is 0. The minimum Gasteiger partial charge on any atom is -0.497 e. The summed E-state index contributed by atoms with van der Waals surface area (Å²) in [6.45, 7) is 3.47. The number of amides is 1. The molecule has 0 bridgehead atoms. The van der Waals surface area contributed by atoms with Crippen LogP contribution in [0.1, 0.15) is 34.1 Å². The highest BCUT2D eigenvalue weighted by Crippen LogP contribution is 2.28. The molecule has 37 heavy (non-hydrogen) atoms. The number of carbonyl (C=O) groups is 3. The average Bonchev–Trinajstić information content (AvgIpc) is 2.88. The third kappa shape index (κ3) is 7.28. The molecule has 0 spiro atoms. The Hall–Kier alpha value is -4.43. The molecule has 0 atom stereocenters. The lowest BCUT2D eigenvalue weighted by atomic mass is 9.93. The number of anilines is 1. The lowest BCUT2D eigenvalue weighted by molar-refractivity contribution is -0.136. The second-order valence-corrected chi connectivity index (χ2v) is 7.85. The van der Waals surface area contributed by atoms with Gasteiger partial charge in [-0.3, -0.25) is 9.78 Å². The van der Waals surface area contributed by atoms with E-state index >= 15 is 0 Å². The number of aryl methyl sites for hydroxylation is 1. The largest absolute Gasteiger partial charge is 0.497 e. The number of aromatic carboxylic acids is 1. The number of methoxy groups -OCH3 is 2. The van der Waals surface area contributed by atoms with Crippen LogP contribution in [0.5, 0.6) is 5.75 Å². The van der Waals surface area contributed by atoms with Gasteiger partial charge in [-0.2, -0.15) is 0 Å². The molecule has 0 unspecified atom stereocenters. The van der Waals surface area contributed by atoms with Crippen molar-refractivity contribution in [2.24, 2.45) is 0 Å². The number of benzene rings is 2. The van der Waals surface area contributed by atoms with Gasteiger partial charge in [-0.15, -0.1) is 12.4 Å². The fourth-order valence-corrected chi connectivity index (χ4v) is 3.55. The van der Waals surface area contributed by atoms with E-state index in [0.29, 0.717) is 33.8 Å². The number of halogens is 1. The van der Waals surface area contributed by atoms with Crippen molar-refractivity contribution in [3.05, 3.63) is 100 Å². The Bertz CT molecular complexity index is 1360. The number of hydrogen-bond acceptors (Lipinski definition) is 6. The van der Waals surface area contributed by atoms with Crippen molar-refractivity contribution >= 4 is 47.6 Å². The van der Waals surface area contributed by atoms with Crippen molar-refractivity contribution in [2.45, 2.75) is 13.8 Å². The summed E-state index contributed by atoms with van der Waals surface area (Å²) in [4.78, 5) is 42.0. The van der Waals surface area contributed by atoms with Gasteiger partial charge in [-0.05, 0) is 73.0 Å². The van der Waals surface area contributed by atoms with Gasteiger partial charge < -0.3 is 19.9 Å². The van der Waals surface area contributed by atoms with Crippen LogP contribution in [0, 0.1) is 6.92 Å². The summed E-state index contributed by atoms with van der Waals surface area (Å²) in [5.41, 5.74) is 3.04. The first-order valence-electron chi connectivity index (χ1n) is 11.0. The summed E-state index contributed by atoms with van der Waals surface area (Å²) in [5.74, 6) is -1.74.